The maximum atomic E-state index is 12.8. The summed E-state index contributed by atoms with van der Waals surface area (Å²) in [6, 6.07) is 20.6. The monoisotopic (exact) mass is 486 g/mol. The molecular weight excluding hydrogens is 468 g/mol. The minimum absolute atomic E-state index is 0.110. The lowest BCUT2D eigenvalue weighted by Crippen LogP contribution is -2.23. The number of sulfonamides is 1. The lowest BCUT2D eigenvalue weighted by atomic mass is 10.2. The molecule has 4 rings (SSSR count). The van der Waals surface area contributed by atoms with Gasteiger partial charge in [0.05, 0.1) is 17.0 Å². The molecule has 0 aliphatic heterocycles. The van der Waals surface area contributed by atoms with Crippen molar-refractivity contribution < 1.29 is 17.9 Å². The van der Waals surface area contributed by atoms with Crippen LogP contribution in [0.15, 0.2) is 77.7 Å². The van der Waals surface area contributed by atoms with Crippen LogP contribution in [-0.4, -0.2) is 21.4 Å². The fraction of sp³-hybridized carbons (Fsp3) is 0.0870. The van der Waals surface area contributed by atoms with Crippen molar-refractivity contribution in [2.75, 3.05) is 12.4 Å². The standard InChI is InChI=1S/C23H19ClN2O4S2/c1-30-17-9-12-19-20(13-17)31-22(21(19)24)23(27)26-16-7-10-18(11-8-16)32(28,29)25-14-15-5-3-2-4-6-15/h2-13,25H,14H2,1H3,(H,26,27). The largest absolute Gasteiger partial charge is 0.497 e. The van der Waals surface area contributed by atoms with Crippen molar-refractivity contribution in [3.8, 4) is 5.75 Å². The number of halogens is 1. The van der Waals surface area contributed by atoms with Gasteiger partial charge in [-0.25, -0.2) is 13.1 Å². The van der Waals surface area contributed by atoms with Gasteiger partial charge in [-0.1, -0.05) is 41.9 Å². The molecular formula is C23H19ClN2O4S2. The van der Waals surface area contributed by atoms with E-state index in [-0.39, 0.29) is 17.3 Å². The fourth-order valence-electron chi connectivity index (χ4n) is 3.08. The van der Waals surface area contributed by atoms with E-state index in [1.54, 1.807) is 25.3 Å². The van der Waals surface area contributed by atoms with Crippen LogP contribution in [0.4, 0.5) is 5.69 Å². The summed E-state index contributed by atoms with van der Waals surface area (Å²) < 4.78 is 33.7. The lowest BCUT2D eigenvalue weighted by Gasteiger charge is -2.08. The number of benzene rings is 3. The lowest BCUT2D eigenvalue weighted by molar-refractivity contribution is 0.103. The molecule has 1 heterocycles. The highest BCUT2D eigenvalue weighted by Crippen LogP contribution is 2.37. The summed E-state index contributed by atoms with van der Waals surface area (Å²) >= 11 is 7.67. The van der Waals surface area contributed by atoms with Gasteiger partial charge in [0.2, 0.25) is 10.0 Å². The molecule has 0 bridgehead atoms. The van der Waals surface area contributed by atoms with Crippen molar-refractivity contribution in [3.05, 3.63) is 88.3 Å². The number of methoxy groups -OCH3 is 1. The molecule has 1 aromatic heterocycles. The smallest absolute Gasteiger partial charge is 0.267 e. The number of nitrogens with one attached hydrogen (secondary N) is 2. The maximum absolute atomic E-state index is 12.8. The zero-order valence-corrected chi connectivity index (χ0v) is 19.4. The first-order valence-electron chi connectivity index (χ1n) is 9.58. The van der Waals surface area contributed by atoms with Gasteiger partial charge in [0.1, 0.15) is 10.6 Å². The van der Waals surface area contributed by atoms with Crippen LogP contribution >= 0.6 is 22.9 Å². The molecule has 9 heteroatoms. The van der Waals surface area contributed by atoms with Crippen LogP contribution < -0.4 is 14.8 Å². The van der Waals surface area contributed by atoms with Crippen molar-refractivity contribution in [1.82, 2.24) is 4.72 Å². The van der Waals surface area contributed by atoms with Gasteiger partial charge < -0.3 is 10.1 Å². The topological polar surface area (TPSA) is 84.5 Å². The number of hydrogen-bond donors (Lipinski definition) is 2. The minimum atomic E-state index is -3.68. The molecule has 0 aliphatic carbocycles. The number of amides is 1. The van der Waals surface area contributed by atoms with Crippen molar-refractivity contribution in [3.63, 3.8) is 0 Å². The van der Waals surface area contributed by atoms with Crippen LogP contribution in [0.5, 0.6) is 5.75 Å². The predicted octanol–water partition coefficient (Wildman–Crippen LogP) is 5.29. The molecule has 0 fully saturated rings. The first kappa shape index (κ1) is 22.3. The van der Waals surface area contributed by atoms with Crippen LogP contribution in [0.25, 0.3) is 10.1 Å². The van der Waals surface area contributed by atoms with Gasteiger partial charge in [-0.2, -0.15) is 0 Å². The quantitative estimate of drug-likeness (QED) is 0.371. The third-order valence-electron chi connectivity index (χ3n) is 4.77. The molecule has 0 aliphatic rings. The van der Waals surface area contributed by atoms with Crippen LogP contribution in [-0.2, 0) is 16.6 Å². The van der Waals surface area contributed by atoms with Gasteiger partial charge >= 0.3 is 0 Å². The Morgan fingerprint density at radius 2 is 1.75 bits per heavy atom. The van der Waals surface area contributed by atoms with Crippen LogP contribution in [0, 0.1) is 0 Å². The average molecular weight is 487 g/mol. The number of hydrogen-bond acceptors (Lipinski definition) is 5. The Kier molecular flexibility index (Phi) is 6.48. The minimum Gasteiger partial charge on any atom is -0.497 e. The molecule has 0 atom stereocenters. The van der Waals surface area contributed by atoms with Crippen molar-refractivity contribution in [1.29, 1.82) is 0 Å². The van der Waals surface area contributed by atoms with Crippen LogP contribution in [0.3, 0.4) is 0 Å². The van der Waals surface area contributed by atoms with Gasteiger partial charge in [-0.15, -0.1) is 11.3 Å². The number of thiophene rings is 1. The van der Waals surface area contributed by atoms with Gasteiger partial charge in [-0.05, 0) is 48.0 Å². The van der Waals surface area contributed by atoms with E-state index < -0.39 is 10.0 Å². The Labute approximate surface area is 194 Å². The van der Waals surface area contributed by atoms with E-state index in [1.807, 2.05) is 42.5 Å². The zero-order chi connectivity index (χ0) is 22.7. The van der Waals surface area contributed by atoms with E-state index in [1.165, 1.54) is 23.5 Å². The molecule has 4 aromatic rings. The summed E-state index contributed by atoms with van der Waals surface area (Å²) in [5.74, 6) is 0.313. The van der Waals surface area contributed by atoms with E-state index in [4.69, 9.17) is 16.3 Å². The molecule has 1 amide bonds. The summed E-state index contributed by atoms with van der Waals surface area (Å²) in [6.07, 6.45) is 0. The predicted molar refractivity (Wildman–Crippen MR) is 128 cm³/mol. The molecule has 164 valence electrons. The second-order valence-corrected chi connectivity index (χ2v) is 10.1. The Morgan fingerprint density at radius 3 is 2.44 bits per heavy atom. The number of ether oxygens (including phenoxy) is 1. The molecule has 6 nitrogen and oxygen atoms in total. The molecule has 2 N–H and O–H groups in total. The Bertz CT molecular complexity index is 1370. The van der Waals surface area contributed by atoms with Crippen molar-refractivity contribution in [2.45, 2.75) is 11.4 Å². The summed E-state index contributed by atoms with van der Waals surface area (Å²) in [6.45, 7) is 0.191. The maximum Gasteiger partial charge on any atom is 0.267 e. The zero-order valence-electron chi connectivity index (χ0n) is 17.0. The molecule has 0 unspecified atom stereocenters. The SMILES string of the molecule is COc1ccc2c(Cl)c(C(=O)Nc3ccc(S(=O)(=O)NCc4ccccc4)cc3)sc2c1. The molecule has 0 radical (unpaired) electrons. The molecule has 0 saturated heterocycles. The molecule has 0 spiro atoms. The van der Waals surface area contributed by atoms with E-state index in [0.29, 0.717) is 21.3 Å². The van der Waals surface area contributed by atoms with Crippen molar-refractivity contribution >= 4 is 54.6 Å². The summed E-state index contributed by atoms with van der Waals surface area (Å²) in [5, 5.41) is 3.91. The summed E-state index contributed by atoms with van der Waals surface area (Å²) in [4.78, 5) is 13.2. The van der Waals surface area contributed by atoms with Crippen LogP contribution in [0.1, 0.15) is 15.2 Å². The third kappa shape index (κ3) is 4.78. The first-order valence-corrected chi connectivity index (χ1v) is 12.3. The molecule has 0 saturated carbocycles. The average Bonchev–Trinajstić information content (AvgIpc) is 3.14. The van der Waals surface area contributed by atoms with Gasteiger partial charge in [0.15, 0.2) is 0 Å². The first-order chi connectivity index (χ1) is 15.4. The Balaban J connectivity index is 1.47. The normalized spacial score (nSPS) is 11.4. The number of rotatable bonds is 7. The number of carbonyl (C=O) groups is 1. The number of anilines is 1. The van der Waals surface area contributed by atoms with Crippen molar-refractivity contribution in [2.24, 2.45) is 0 Å². The van der Waals surface area contributed by atoms with E-state index in [0.717, 1.165) is 15.6 Å². The van der Waals surface area contributed by atoms with Gasteiger partial charge in [0, 0.05) is 22.3 Å². The number of fused-ring (bicyclic) bond motifs is 1. The third-order valence-corrected chi connectivity index (χ3v) is 7.85. The fourth-order valence-corrected chi connectivity index (χ4v) is 5.54. The summed E-state index contributed by atoms with van der Waals surface area (Å²) in [5.41, 5.74) is 1.32. The highest BCUT2D eigenvalue weighted by molar-refractivity contribution is 7.89. The number of carbonyl (C=O) groups excluding carboxylic acids is 1. The van der Waals surface area contributed by atoms with E-state index >= 15 is 0 Å². The Hall–Kier alpha value is -2.91. The second-order valence-electron chi connectivity index (χ2n) is 6.90. The summed E-state index contributed by atoms with van der Waals surface area (Å²) in [7, 11) is -2.11. The van der Waals surface area contributed by atoms with Gasteiger partial charge in [-0.3, -0.25) is 4.79 Å². The van der Waals surface area contributed by atoms with Gasteiger partial charge in [0.25, 0.3) is 5.91 Å². The van der Waals surface area contributed by atoms with E-state index in [9.17, 15) is 13.2 Å². The molecule has 32 heavy (non-hydrogen) atoms. The highest BCUT2D eigenvalue weighted by Gasteiger charge is 2.19. The highest BCUT2D eigenvalue weighted by atomic mass is 35.5. The van der Waals surface area contributed by atoms with Crippen LogP contribution in [0.2, 0.25) is 5.02 Å². The Morgan fingerprint density at radius 1 is 1.03 bits per heavy atom. The molecule has 3 aromatic carbocycles. The van der Waals surface area contributed by atoms with E-state index in [2.05, 4.69) is 10.0 Å². The second kappa shape index (κ2) is 9.30.